The number of nitrogen functional groups attached to an aromatic ring is 1. The Bertz CT molecular complexity index is 462. The van der Waals surface area contributed by atoms with E-state index in [-0.39, 0.29) is 11.4 Å². The molecule has 2 rings (SSSR count). The Balaban J connectivity index is 2.36. The number of ether oxygens (including phenoxy) is 1. The monoisotopic (exact) mass is 258 g/mol. The quantitative estimate of drug-likeness (QED) is 0.391. The molecule has 9 nitrogen and oxygen atoms in total. The van der Waals surface area contributed by atoms with Crippen molar-refractivity contribution in [3.63, 3.8) is 0 Å². The number of carbonyl (C=O) groups is 1. The maximum absolute atomic E-state index is 11.2. The third kappa shape index (κ3) is 1.82. The summed E-state index contributed by atoms with van der Waals surface area (Å²) in [6.45, 7) is -0.475. The highest BCUT2D eigenvalue weighted by Gasteiger charge is 2.44. The van der Waals surface area contributed by atoms with Crippen LogP contribution in [0.3, 0.4) is 0 Å². The number of amides is 1. The van der Waals surface area contributed by atoms with Crippen molar-refractivity contribution in [2.24, 2.45) is 5.73 Å². The molecule has 18 heavy (non-hydrogen) atoms. The number of aliphatic hydroxyl groups is 3. The molecule has 4 atom stereocenters. The van der Waals surface area contributed by atoms with Gasteiger partial charge in [-0.25, -0.2) is 4.68 Å². The van der Waals surface area contributed by atoms with E-state index in [9.17, 15) is 15.0 Å². The number of primary amides is 1. The van der Waals surface area contributed by atoms with Gasteiger partial charge >= 0.3 is 0 Å². The molecule has 4 unspecified atom stereocenters. The summed E-state index contributed by atoms with van der Waals surface area (Å²) in [5, 5.41) is 32.1. The van der Waals surface area contributed by atoms with Crippen molar-refractivity contribution >= 4 is 11.6 Å². The summed E-state index contributed by atoms with van der Waals surface area (Å²) in [6.07, 6.45) is -3.53. The Kier molecular flexibility index (Phi) is 3.22. The third-order valence-corrected chi connectivity index (χ3v) is 2.82. The summed E-state index contributed by atoms with van der Waals surface area (Å²) < 4.78 is 6.21. The number of nitrogens with two attached hydrogens (primary N) is 2. The Morgan fingerprint density at radius 3 is 2.67 bits per heavy atom. The van der Waals surface area contributed by atoms with Gasteiger partial charge in [0.05, 0.1) is 18.5 Å². The van der Waals surface area contributed by atoms with E-state index in [1.807, 2.05) is 0 Å². The van der Waals surface area contributed by atoms with E-state index in [1.54, 1.807) is 0 Å². The Hall–Kier alpha value is -1.68. The van der Waals surface area contributed by atoms with E-state index < -0.39 is 37.1 Å². The van der Waals surface area contributed by atoms with Crippen molar-refractivity contribution in [3.05, 3.63) is 11.9 Å². The van der Waals surface area contributed by atoms with Gasteiger partial charge in [0.1, 0.15) is 18.3 Å². The SMILES string of the molecule is NC(=O)c1c(N)cnn1C1OC(CO)C(O)C1O. The number of aliphatic hydroxyl groups excluding tert-OH is 3. The lowest BCUT2D eigenvalue weighted by atomic mass is 10.1. The molecule has 0 aromatic carbocycles. The fourth-order valence-electron chi connectivity index (χ4n) is 1.91. The van der Waals surface area contributed by atoms with E-state index in [0.29, 0.717) is 0 Å². The number of nitrogens with zero attached hydrogens (tertiary/aromatic N) is 2. The van der Waals surface area contributed by atoms with Crippen LogP contribution < -0.4 is 11.5 Å². The number of rotatable bonds is 3. The van der Waals surface area contributed by atoms with Crippen LogP contribution >= 0.6 is 0 Å². The average molecular weight is 258 g/mol. The fourth-order valence-corrected chi connectivity index (χ4v) is 1.91. The number of anilines is 1. The molecule has 0 aliphatic carbocycles. The first kappa shape index (κ1) is 12.8. The standard InChI is InChI=1S/C9H14N4O5/c10-3-1-12-13(5(3)8(11)17)9-7(16)6(15)4(2-14)18-9/h1,4,6-7,9,14-16H,2,10H2,(H2,11,17). The molecular weight excluding hydrogens is 244 g/mol. The molecule has 1 saturated heterocycles. The summed E-state index contributed by atoms with van der Waals surface area (Å²) in [5.41, 5.74) is 10.6. The molecule has 100 valence electrons. The topological polar surface area (TPSA) is 157 Å². The second-order valence-corrected chi connectivity index (χ2v) is 3.99. The van der Waals surface area contributed by atoms with Gasteiger partial charge in [-0.3, -0.25) is 4.79 Å². The van der Waals surface area contributed by atoms with Crippen molar-refractivity contribution in [3.8, 4) is 0 Å². The smallest absolute Gasteiger partial charge is 0.269 e. The van der Waals surface area contributed by atoms with E-state index in [2.05, 4.69) is 5.10 Å². The Labute approximate surface area is 102 Å². The van der Waals surface area contributed by atoms with Gasteiger partial charge in [0, 0.05) is 0 Å². The van der Waals surface area contributed by atoms with Crippen LogP contribution in [-0.4, -0.2) is 55.9 Å². The lowest BCUT2D eigenvalue weighted by Crippen LogP contribution is -2.34. The maximum Gasteiger partial charge on any atom is 0.269 e. The van der Waals surface area contributed by atoms with Gasteiger partial charge in [-0.05, 0) is 0 Å². The van der Waals surface area contributed by atoms with Crippen LogP contribution in [0.25, 0.3) is 0 Å². The van der Waals surface area contributed by atoms with Crippen molar-refractivity contribution in [1.29, 1.82) is 0 Å². The van der Waals surface area contributed by atoms with Crippen LogP contribution in [0.4, 0.5) is 5.69 Å². The molecule has 7 N–H and O–H groups in total. The second-order valence-electron chi connectivity index (χ2n) is 3.99. The minimum atomic E-state index is -1.35. The molecule has 1 aromatic rings. The summed E-state index contributed by atoms with van der Waals surface area (Å²) in [5.74, 6) is -0.831. The van der Waals surface area contributed by atoms with Crippen molar-refractivity contribution in [2.45, 2.75) is 24.5 Å². The van der Waals surface area contributed by atoms with E-state index >= 15 is 0 Å². The van der Waals surface area contributed by atoms with Crippen molar-refractivity contribution < 1.29 is 24.9 Å². The molecule has 1 aliphatic rings. The first-order valence-electron chi connectivity index (χ1n) is 5.22. The van der Waals surface area contributed by atoms with Gasteiger partial charge in [0.15, 0.2) is 11.9 Å². The van der Waals surface area contributed by atoms with Crippen molar-refractivity contribution in [1.82, 2.24) is 9.78 Å². The van der Waals surface area contributed by atoms with Gasteiger partial charge in [-0.1, -0.05) is 0 Å². The zero-order valence-electron chi connectivity index (χ0n) is 9.30. The van der Waals surface area contributed by atoms with Gasteiger partial charge in [-0.15, -0.1) is 0 Å². The van der Waals surface area contributed by atoms with Crippen LogP contribution in [0, 0.1) is 0 Å². The maximum atomic E-state index is 11.2. The molecule has 9 heteroatoms. The number of carbonyl (C=O) groups excluding carboxylic acids is 1. The highest BCUT2D eigenvalue weighted by molar-refractivity contribution is 5.96. The summed E-state index contributed by atoms with van der Waals surface area (Å²) in [6, 6.07) is 0. The molecule has 0 bridgehead atoms. The largest absolute Gasteiger partial charge is 0.396 e. The Morgan fingerprint density at radius 2 is 2.17 bits per heavy atom. The number of aromatic nitrogens is 2. The van der Waals surface area contributed by atoms with Gasteiger partial charge < -0.3 is 31.5 Å². The van der Waals surface area contributed by atoms with Crippen LogP contribution in [0.15, 0.2) is 6.20 Å². The predicted molar refractivity (Wildman–Crippen MR) is 58.2 cm³/mol. The van der Waals surface area contributed by atoms with Crippen LogP contribution in [-0.2, 0) is 4.74 Å². The molecule has 1 amide bonds. The minimum absolute atomic E-state index is 0.0419. The first-order chi connectivity index (χ1) is 8.47. The van der Waals surface area contributed by atoms with E-state index in [1.165, 1.54) is 6.20 Å². The van der Waals surface area contributed by atoms with Crippen molar-refractivity contribution in [2.75, 3.05) is 12.3 Å². The first-order valence-corrected chi connectivity index (χ1v) is 5.22. The average Bonchev–Trinajstić information content (AvgIpc) is 2.82. The molecule has 0 spiro atoms. The van der Waals surface area contributed by atoms with E-state index in [4.69, 9.17) is 21.3 Å². The fraction of sp³-hybridized carbons (Fsp3) is 0.556. The second kappa shape index (κ2) is 4.53. The van der Waals surface area contributed by atoms with Crippen LogP contribution in [0.2, 0.25) is 0 Å². The number of hydrogen-bond donors (Lipinski definition) is 5. The summed E-state index contributed by atoms with van der Waals surface area (Å²) in [4.78, 5) is 11.2. The van der Waals surface area contributed by atoms with E-state index in [0.717, 1.165) is 4.68 Å². The Morgan fingerprint density at radius 1 is 1.50 bits per heavy atom. The highest BCUT2D eigenvalue weighted by Crippen LogP contribution is 2.30. The molecule has 1 aromatic heterocycles. The molecular formula is C9H14N4O5. The summed E-state index contributed by atoms with van der Waals surface area (Å²) >= 11 is 0. The molecule has 0 radical (unpaired) electrons. The van der Waals surface area contributed by atoms with Gasteiger partial charge in [0.25, 0.3) is 5.91 Å². The molecule has 1 fully saturated rings. The molecule has 1 aliphatic heterocycles. The van der Waals surface area contributed by atoms with Crippen LogP contribution in [0.5, 0.6) is 0 Å². The molecule has 0 saturated carbocycles. The normalized spacial score (nSPS) is 31.7. The summed E-state index contributed by atoms with van der Waals surface area (Å²) in [7, 11) is 0. The zero-order chi connectivity index (χ0) is 13.4. The molecule has 2 heterocycles. The highest BCUT2D eigenvalue weighted by atomic mass is 16.6. The minimum Gasteiger partial charge on any atom is -0.396 e. The third-order valence-electron chi connectivity index (χ3n) is 2.82. The number of hydrogen-bond acceptors (Lipinski definition) is 7. The zero-order valence-corrected chi connectivity index (χ0v) is 9.30. The van der Waals surface area contributed by atoms with Gasteiger partial charge in [0.2, 0.25) is 0 Å². The lowest BCUT2D eigenvalue weighted by molar-refractivity contribution is -0.0593. The van der Waals surface area contributed by atoms with Crippen LogP contribution in [0.1, 0.15) is 16.7 Å². The lowest BCUT2D eigenvalue weighted by Gasteiger charge is -2.16. The van der Waals surface area contributed by atoms with Gasteiger partial charge in [-0.2, -0.15) is 5.10 Å². The predicted octanol–water partition coefficient (Wildman–Crippen LogP) is -2.82.